The zero-order valence-corrected chi connectivity index (χ0v) is 14.8. The molecule has 1 amide bonds. The van der Waals surface area contributed by atoms with Crippen molar-refractivity contribution in [3.05, 3.63) is 89.9 Å². The largest absolute Gasteiger partial charge is 0.456 e. The normalized spacial score (nSPS) is 11.1. The topological polar surface area (TPSA) is 73.2 Å². The first-order valence-electron chi connectivity index (χ1n) is 8.42. The van der Waals surface area contributed by atoms with E-state index in [0.717, 1.165) is 16.8 Å². The molecule has 1 heterocycles. The Morgan fingerprint density at radius 1 is 1.07 bits per heavy atom. The van der Waals surface area contributed by atoms with Crippen molar-refractivity contribution in [2.45, 2.75) is 13.5 Å². The summed E-state index contributed by atoms with van der Waals surface area (Å²) in [6.45, 7) is 1.45. The standard InChI is InChI=1S/C21H19N3O3/c1-16(25)23-20(14-17-6-3-2-4-7-17)21(26)27-15-18-8-10-19(11-9-18)24-13-5-12-22-24/h2-14H,15H2,1H3,(H,23,25)/b20-14+. The summed E-state index contributed by atoms with van der Waals surface area (Å²) in [7, 11) is 0. The Morgan fingerprint density at radius 2 is 1.81 bits per heavy atom. The van der Waals surface area contributed by atoms with Crippen molar-refractivity contribution in [1.29, 1.82) is 0 Å². The third kappa shape index (κ3) is 5.15. The molecule has 1 N–H and O–H groups in total. The molecule has 3 aromatic rings. The summed E-state index contributed by atoms with van der Waals surface area (Å²) >= 11 is 0. The van der Waals surface area contributed by atoms with Crippen LogP contribution in [0.4, 0.5) is 0 Å². The zero-order chi connectivity index (χ0) is 19.1. The van der Waals surface area contributed by atoms with Crippen molar-refractivity contribution in [1.82, 2.24) is 15.1 Å². The molecule has 0 radical (unpaired) electrons. The third-order valence-corrected chi connectivity index (χ3v) is 3.72. The second-order valence-corrected chi connectivity index (χ2v) is 5.84. The molecule has 0 unspecified atom stereocenters. The van der Waals surface area contributed by atoms with Gasteiger partial charge in [-0.3, -0.25) is 4.79 Å². The second kappa shape index (κ2) is 8.62. The summed E-state index contributed by atoms with van der Waals surface area (Å²) in [5.74, 6) is -0.928. The molecule has 0 spiro atoms. The molecule has 27 heavy (non-hydrogen) atoms. The first-order valence-corrected chi connectivity index (χ1v) is 8.42. The molecule has 3 rings (SSSR count). The van der Waals surface area contributed by atoms with Gasteiger partial charge in [-0.05, 0) is 35.4 Å². The molecular weight excluding hydrogens is 342 g/mol. The van der Waals surface area contributed by atoms with E-state index in [4.69, 9.17) is 4.74 Å². The van der Waals surface area contributed by atoms with E-state index in [9.17, 15) is 9.59 Å². The highest BCUT2D eigenvalue weighted by Crippen LogP contribution is 2.11. The smallest absolute Gasteiger partial charge is 0.355 e. The quantitative estimate of drug-likeness (QED) is 0.541. The lowest BCUT2D eigenvalue weighted by atomic mass is 10.2. The van der Waals surface area contributed by atoms with Crippen LogP contribution in [0, 0.1) is 0 Å². The average Bonchev–Trinajstić information content (AvgIpc) is 3.21. The van der Waals surface area contributed by atoms with Gasteiger partial charge in [-0.1, -0.05) is 42.5 Å². The fourth-order valence-electron chi connectivity index (χ4n) is 2.44. The van der Waals surface area contributed by atoms with Gasteiger partial charge < -0.3 is 10.1 Å². The highest BCUT2D eigenvalue weighted by Gasteiger charge is 2.13. The van der Waals surface area contributed by atoms with E-state index >= 15 is 0 Å². The van der Waals surface area contributed by atoms with Crippen LogP contribution in [0.5, 0.6) is 0 Å². The van der Waals surface area contributed by atoms with Crippen molar-refractivity contribution in [2.24, 2.45) is 0 Å². The van der Waals surface area contributed by atoms with Gasteiger partial charge in [0.1, 0.15) is 12.3 Å². The lowest BCUT2D eigenvalue weighted by molar-refractivity contribution is -0.141. The van der Waals surface area contributed by atoms with Gasteiger partial charge in [0, 0.05) is 19.3 Å². The van der Waals surface area contributed by atoms with Crippen LogP contribution in [0.2, 0.25) is 0 Å². The van der Waals surface area contributed by atoms with E-state index in [-0.39, 0.29) is 18.2 Å². The van der Waals surface area contributed by atoms with Crippen molar-refractivity contribution >= 4 is 18.0 Å². The molecule has 0 aliphatic carbocycles. The predicted octanol–water partition coefficient (Wildman–Crippen LogP) is 3.09. The molecule has 0 saturated carbocycles. The lowest BCUT2D eigenvalue weighted by Gasteiger charge is -2.10. The molecule has 6 nitrogen and oxygen atoms in total. The molecule has 1 aromatic heterocycles. The number of esters is 1. The molecule has 2 aromatic carbocycles. The Hall–Kier alpha value is -3.67. The molecule has 0 aliphatic heterocycles. The number of carbonyl (C=O) groups is 2. The van der Waals surface area contributed by atoms with Crippen LogP contribution < -0.4 is 5.32 Å². The summed E-state index contributed by atoms with van der Waals surface area (Å²) in [5.41, 5.74) is 2.64. The fraction of sp³-hybridized carbons (Fsp3) is 0.0952. The molecule has 0 saturated heterocycles. The first-order chi connectivity index (χ1) is 13.1. The van der Waals surface area contributed by atoms with Crippen LogP contribution in [0.1, 0.15) is 18.1 Å². The van der Waals surface area contributed by atoms with Gasteiger partial charge in [0.15, 0.2) is 0 Å². The van der Waals surface area contributed by atoms with Crippen molar-refractivity contribution in [2.75, 3.05) is 0 Å². The summed E-state index contributed by atoms with van der Waals surface area (Å²) in [4.78, 5) is 23.8. The van der Waals surface area contributed by atoms with Crippen LogP contribution >= 0.6 is 0 Å². The van der Waals surface area contributed by atoms with Crippen molar-refractivity contribution in [3.63, 3.8) is 0 Å². The molecule has 0 atom stereocenters. The Morgan fingerprint density at radius 3 is 2.44 bits per heavy atom. The van der Waals surface area contributed by atoms with Gasteiger partial charge in [-0.2, -0.15) is 5.10 Å². The van der Waals surface area contributed by atoms with Gasteiger partial charge in [-0.15, -0.1) is 0 Å². The van der Waals surface area contributed by atoms with Gasteiger partial charge >= 0.3 is 5.97 Å². The number of carbonyl (C=O) groups excluding carboxylic acids is 2. The Labute approximate surface area is 157 Å². The van der Waals surface area contributed by atoms with E-state index in [2.05, 4.69) is 10.4 Å². The van der Waals surface area contributed by atoms with Crippen LogP contribution in [-0.4, -0.2) is 21.7 Å². The number of rotatable bonds is 6. The maximum absolute atomic E-state index is 12.4. The van der Waals surface area contributed by atoms with Crippen LogP contribution in [0.25, 0.3) is 11.8 Å². The maximum atomic E-state index is 12.4. The number of nitrogens with zero attached hydrogens (tertiary/aromatic N) is 2. The molecule has 0 fully saturated rings. The summed E-state index contributed by atoms with van der Waals surface area (Å²) in [6, 6.07) is 18.6. The Bertz CT molecular complexity index is 931. The predicted molar refractivity (Wildman–Crippen MR) is 102 cm³/mol. The highest BCUT2D eigenvalue weighted by molar-refractivity contribution is 5.97. The van der Waals surface area contributed by atoms with Gasteiger partial charge in [-0.25, -0.2) is 9.48 Å². The summed E-state index contributed by atoms with van der Waals surface area (Å²) in [5, 5.41) is 6.69. The molecule has 6 heteroatoms. The number of benzene rings is 2. The highest BCUT2D eigenvalue weighted by atomic mass is 16.5. The zero-order valence-electron chi connectivity index (χ0n) is 14.8. The number of hydrogen-bond donors (Lipinski definition) is 1. The van der Waals surface area contributed by atoms with Crippen molar-refractivity contribution < 1.29 is 14.3 Å². The fourth-order valence-corrected chi connectivity index (χ4v) is 2.44. The van der Waals surface area contributed by atoms with Gasteiger partial charge in [0.05, 0.1) is 5.69 Å². The van der Waals surface area contributed by atoms with Crippen LogP contribution in [0.3, 0.4) is 0 Å². The lowest BCUT2D eigenvalue weighted by Crippen LogP contribution is -2.26. The average molecular weight is 361 g/mol. The molecular formula is C21H19N3O3. The number of nitrogens with one attached hydrogen (secondary N) is 1. The second-order valence-electron chi connectivity index (χ2n) is 5.84. The van der Waals surface area contributed by atoms with Crippen LogP contribution in [0.15, 0.2) is 78.8 Å². The van der Waals surface area contributed by atoms with Crippen molar-refractivity contribution in [3.8, 4) is 5.69 Å². The first kappa shape index (κ1) is 18.1. The van der Waals surface area contributed by atoms with E-state index in [1.165, 1.54) is 6.92 Å². The molecule has 0 bridgehead atoms. The molecule has 0 aliphatic rings. The van der Waals surface area contributed by atoms with E-state index in [1.54, 1.807) is 17.0 Å². The summed E-state index contributed by atoms with van der Waals surface area (Å²) < 4.78 is 7.09. The Balaban J connectivity index is 1.67. The SMILES string of the molecule is CC(=O)N/C(=C/c1ccccc1)C(=O)OCc1ccc(-n2cccn2)cc1. The maximum Gasteiger partial charge on any atom is 0.355 e. The minimum Gasteiger partial charge on any atom is -0.456 e. The number of aromatic nitrogens is 2. The monoisotopic (exact) mass is 361 g/mol. The minimum atomic E-state index is -0.592. The van der Waals surface area contributed by atoms with E-state index in [0.29, 0.717) is 0 Å². The number of ether oxygens (including phenoxy) is 1. The summed E-state index contributed by atoms with van der Waals surface area (Å²) in [6.07, 6.45) is 5.14. The van der Waals surface area contributed by atoms with E-state index < -0.39 is 5.97 Å². The van der Waals surface area contributed by atoms with Gasteiger partial charge in [0.25, 0.3) is 0 Å². The number of amides is 1. The number of hydrogen-bond acceptors (Lipinski definition) is 4. The van der Waals surface area contributed by atoms with E-state index in [1.807, 2.05) is 66.9 Å². The third-order valence-electron chi connectivity index (χ3n) is 3.72. The van der Waals surface area contributed by atoms with Gasteiger partial charge in [0.2, 0.25) is 5.91 Å². The Kier molecular flexibility index (Phi) is 5.79. The van der Waals surface area contributed by atoms with Crippen LogP contribution in [-0.2, 0) is 20.9 Å². The minimum absolute atomic E-state index is 0.0989. The molecule has 136 valence electrons.